The van der Waals surface area contributed by atoms with Crippen molar-refractivity contribution in [2.45, 2.75) is 25.9 Å². The Morgan fingerprint density at radius 2 is 1.95 bits per heavy atom. The van der Waals surface area contributed by atoms with E-state index in [2.05, 4.69) is 40.7 Å². The van der Waals surface area contributed by atoms with Gasteiger partial charge in [-0.1, -0.05) is 0 Å². The van der Waals surface area contributed by atoms with Crippen LogP contribution in [0.15, 0.2) is 23.0 Å². The van der Waals surface area contributed by atoms with E-state index in [4.69, 9.17) is 5.73 Å². The molecule has 2 unspecified atom stereocenters. The van der Waals surface area contributed by atoms with E-state index < -0.39 is 0 Å². The molecule has 2 aromatic rings. The van der Waals surface area contributed by atoms with Gasteiger partial charge in [0.25, 0.3) is 5.56 Å². The molecule has 0 aliphatic carbocycles. The molecule has 1 aromatic heterocycles. The first-order chi connectivity index (χ1) is 9.95. The predicted octanol–water partition coefficient (Wildman–Crippen LogP) is 1.03. The molecule has 0 radical (unpaired) electrons. The highest BCUT2D eigenvalue weighted by atomic mass is 16.1. The lowest BCUT2D eigenvalue weighted by Gasteiger charge is -2.42. The van der Waals surface area contributed by atoms with Crippen LogP contribution in [0.5, 0.6) is 0 Å². The molecular weight excluding hydrogens is 266 g/mol. The van der Waals surface area contributed by atoms with Crippen molar-refractivity contribution in [2.75, 3.05) is 30.8 Å². The first kappa shape index (κ1) is 13.9. The Balaban J connectivity index is 2.02. The summed E-state index contributed by atoms with van der Waals surface area (Å²) in [7, 11) is 2.13. The van der Waals surface area contributed by atoms with Gasteiger partial charge < -0.3 is 10.6 Å². The second-order valence-electron chi connectivity index (χ2n) is 5.93. The average molecular weight is 287 g/mol. The number of anilines is 2. The van der Waals surface area contributed by atoms with Gasteiger partial charge in [-0.2, -0.15) is 0 Å². The van der Waals surface area contributed by atoms with Crippen molar-refractivity contribution in [1.29, 1.82) is 0 Å². The Bertz CT molecular complexity index is 714. The SMILES string of the molecule is CC1CN(c2nc3ccc(N)cc3c(=O)[nH]2)CC(C)N1C. The van der Waals surface area contributed by atoms with E-state index in [-0.39, 0.29) is 5.56 Å². The van der Waals surface area contributed by atoms with Gasteiger partial charge in [0.15, 0.2) is 0 Å². The fourth-order valence-corrected chi connectivity index (χ4v) is 2.87. The molecule has 1 fully saturated rings. The number of piperazine rings is 1. The molecule has 6 nitrogen and oxygen atoms in total. The minimum atomic E-state index is -0.137. The summed E-state index contributed by atoms with van der Waals surface area (Å²) >= 11 is 0. The second kappa shape index (κ2) is 5.04. The van der Waals surface area contributed by atoms with Gasteiger partial charge >= 0.3 is 0 Å². The average Bonchev–Trinajstić information content (AvgIpc) is 2.44. The molecule has 2 atom stereocenters. The molecule has 3 N–H and O–H groups in total. The van der Waals surface area contributed by atoms with Gasteiger partial charge in [0.1, 0.15) is 0 Å². The molecule has 0 saturated carbocycles. The summed E-state index contributed by atoms with van der Waals surface area (Å²) in [5, 5.41) is 0.536. The molecule has 1 aromatic carbocycles. The zero-order valence-electron chi connectivity index (χ0n) is 12.6. The lowest BCUT2D eigenvalue weighted by molar-refractivity contribution is 0.169. The number of hydrogen-bond donors (Lipinski definition) is 2. The van der Waals surface area contributed by atoms with Crippen molar-refractivity contribution in [3.8, 4) is 0 Å². The van der Waals surface area contributed by atoms with Gasteiger partial charge in [0.05, 0.1) is 10.9 Å². The van der Waals surface area contributed by atoms with E-state index in [0.717, 1.165) is 13.1 Å². The Morgan fingerprint density at radius 1 is 1.29 bits per heavy atom. The van der Waals surface area contributed by atoms with Crippen LogP contribution in [0.2, 0.25) is 0 Å². The van der Waals surface area contributed by atoms with Crippen molar-refractivity contribution in [1.82, 2.24) is 14.9 Å². The summed E-state index contributed by atoms with van der Waals surface area (Å²) in [4.78, 5) is 24.2. The molecule has 0 spiro atoms. The topological polar surface area (TPSA) is 78.2 Å². The van der Waals surface area contributed by atoms with E-state index >= 15 is 0 Å². The summed E-state index contributed by atoms with van der Waals surface area (Å²) in [5.74, 6) is 0.643. The normalized spacial score (nSPS) is 23.7. The van der Waals surface area contributed by atoms with Crippen molar-refractivity contribution in [2.24, 2.45) is 0 Å². The zero-order chi connectivity index (χ0) is 15.1. The molecule has 3 rings (SSSR count). The van der Waals surface area contributed by atoms with Gasteiger partial charge in [-0.15, -0.1) is 0 Å². The Kier molecular flexibility index (Phi) is 3.33. The number of aromatic amines is 1. The predicted molar refractivity (Wildman–Crippen MR) is 85.7 cm³/mol. The summed E-state index contributed by atoms with van der Waals surface area (Å²) in [6, 6.07) is 6.07. The van der Waals surface area contributed by atoms with Crippen LogP contribution in [0.3, 0.4) is 0 Å². The monoisotopic (exact) mass is 287 g/mol. The lowest BCUT2D eigenvalue weighted by atomic mass is 10.1. The molecule has 0 bridgehead atoms. The number of nitrogens with one attached hydrogen (secondary N) is 1. The van der Waals surface area contributed by atoms with Crippen LogP contribution in [0.4, 0.5) is 11.6 Å². The third-order valence-electron chi connectivity index (χ3n) is 4.38. The summed E-state index contributed by atoms with van der Waals surface area (Å²) < 4.78 is 0. The summed E-state index contributed by atoms with van der Waals surface area (Å²) in [5.41, 5.74) is 6.85. The first-order valence-electron chi connectivity index (χ1n) is 7.22. The number of nitrogen functional groups attached to an aromatic ring is 1. The van der Waals surface area contributed by atoms with Gasteiger partial charge in [-0.25, -0.2) is 4.98 Å². The van der Waals surface area contributed by atoms with E-state index in [1.165, 1.54) is 0 Å². The van der Waals surface area contributed by atoms with Crippen LogP contribution in [-0.2, 0) is 0 Å². The molecule has 21 heavy (non-hydrogen) atoms. The fourth-order valence-electron chi connectivity index (χ4n) is 2.87. The number of H-pyrrole nitrogens is 1. The summed E-state index contributed by atoms with van der Waals surface area (Å²) in [6.45, 7) is 6.07. The largest absolute Gasteiger partial charge is 0.399 e. The number of likely N-dealkylation sites (N-methyl/N-ethyl adjacent to an activating group) is 1. The highest BCUT2D eigenvalue weighted by molar-refractivity contribution is 5.81. The van der Waals surface area contributed by atoms with Crippen LogP contribution in [0.1, 0.15) is 13.8 Å². The maximum Gasteiger partial charge on any atom is 0.260 e. The van der Waals surface area contributed by atoms with Crippen molar-refractivity contribution in [3.63, 3.8) is 0 Å². The van der Waals surface area contributed by atoms with Crippen LogP contribution in [-0.4, -0.2) is 47.1 Å². The molecular formula is C15H21N5O. The summed E-state index contributed by atoms with van der Waals surface area (Å²) in [6.07, 6.45) is 0. The number of nitrogens with zero attached hydrogens (tertiary/aromatic N) is 3. The van der Waals surface area contributed by atoms with Gasteiger partial charge in [-0.3, -0.25) is 14.7 Å². The van der Waals surface area contributed by atoms with E-state index in [9.17, 15) is 4.79 Å². The smallest absolute Gasteiger partial charge is 0.260 e. The van der Waals surface area contributed by atoms with E-state index in [1.54, 1.807) is 18.2 Å². The number of nitrogens with two attached hydrogens (primary N) is 1. The molecule has 1 saturated heterocycles. The van der Waals surface area contributed by atoms with Crippen molar-refractivity contribution < 1.29 is 0 Å². The van der Waals surface area contributed by atoms with Gasteiger partial charge in [0, 0.05) is 30.9 Å². The molecule has 0 amide bonds. The maximum atomic E-state index is 12.2. The third kappa shape index (κ3) is 2.47. The fraction of sp³-hybridized carbons (Fsp3) is 0.467. The minimum absolute atomic E-state index is 0.137. The molecule has 2 heterocycles. The van der Waals surface area contributed by atoms with Gasteiger partial charge in [0.2, 0.25) is 5.95 Å². The second-order valence-corrected chi connectivity index (χ2v) is 5.93. The lowest BCUT2D eigenvalue weighted by Crippen LogP contribution is -2.55. The Morgan fingerprint density at radius 3 is 2.62 bits per heavy atom. The van der Waals surface area contributed by atoms with Crippen molar-refractivity contribution in [3.05, 3.63) is 28.6 Å². The molecule has 112 valence electrons. The standard InChI is InChI=1S/C15H21N5O/c1-9-7-20(8-10(2)19(9)3)15-17-13-5-4-11(16)6-12(13)14(21)18-15/h4-6,9-10H,7-8,16H2,1-3H3,(H,17,18,21). The van der Waals surface area contributed by atoms with Crippen LogP contribution in [0, 0.1) is 0 Å². The van der Waals surface area contributed by atoms with E-state index in [1.807, 2.05) is 0 Å². The van der Waals surface area contributed by atoms with Crippen LogP contribution in [0.25, 0.3) is 10.9 Å². The number of aromatic nitrogens is 2. The molecule has 1 aliphatic rings. The maximum absolute atomic E-state index is 12.2. The number of rotatable bonds is 1. The number of hydrogen-bond acceptors (Lipinski definition) is 5. The van der Waals surface area contributed by atoms with Gasteiger partial charge in [-0.05, 0) is 39.1 Å². The number of fused-ring (bicyclic) bond motifs is 1. The van der Waals surface area contributed by atoms with Crippen molar-refractivity contribution >= 4 is 22.5 Å². The Labute approximate surface area is 123 Å². The highest BCUT2D eigenvalue weighted by Gasteiger charge is 2.27. The highest BCUT2D eigenvalue weighted by Crippen LogP contribution is 2.19. The van der Waals surface area contributed by atoms with Crippen LogP contribution < -0.4 is 16.2 Å². The minimum Gasteiger partial charge on any atom is -0.399 e. The van der Waals surface area contributed by atoms with E-state index in [0.29, 0.717) is 34.6 Å². The third-order valence-corrected chi connectivity index (χ3v) is 4.38. The van der Waals surface area contributed by atoms with Crippen LogP contribution >= 0.6 is 0 Å². The Hall–Kier alpha value is -2.08. The molecule has 1 aliphatic heterocycles. The quantitative estimate of drug-likeness (QED) is 0.766. The zero-order valence-corrected chi connectivity index (χ0v) is 12.6. The molecule has 6 heteroatoms. The number of benzene rings is 1. The first-order valence-corrected chi connectivity index (χ1v) is 7.22.